The lowest BCUT2D eigenvalue weighted by Gasteiger charge is -2.26. The first kappa shape index (κ1) is 20.9. The SMILES string of the molecule is CCCCNC(=O)NC(=O)COC(=O)c1ccc(CN2CCOCC2)cc1. The van der Waals surface area contributed by atoms with Gasteiger partial charge in [-0.15, -0.1) is 0 Å². The number of amides is 3. The molecule has 0 saturated carbocycles. The van der Waals surface area contributed by atoms with Gasteiger partial charge in [-0.05, 0) is 24.1 Å². The van der Waals surface area contributed by atoms with Crippen LogP contribution in [-0.4, -0.2) is 62.3 Å². The van der Waals surface area contributed by atoms with Crippen molar-refractivity contribution in [2.75, 3.05) is 39.5 Å². The lowest BCUT2D eigenvalue weighted by molar-refractivity contribution is -0.123. The number of carbonyl (C=O) groups excluding carboxylic acids is 3. The van der Waals surface area contributed by atoms with E-state index in [1.54, 1.807) is 12.1 Å². The smallest absolute Gasteiger partial charge is 0.338 e. The second-order valence-corrected chi connectivity index (χ2v) is 6.32. The number of rotatable bonds is 8. The van der Waals surface area contributed by atoms with Gasteiger partial charge in [-0.2, -0.15) is 0 Å². The third kappa shape index (κ3) is 7.76. The summed E-state index contributed by atoms with van der Waals surface area (Å²) in [5, 5.41) is 4.67. The number of benzene rings is 1. The topological polar surface area (TPSA) is 97.0 Å². The Balaban J connectivity index is 1.71. The van der Waals surface area contributed by atoms with Gasteiger partial charge in [0, 0.05) is 26.2 Å². The van der Waals surface area contributed by atoms with Crippen molar-refractivity contribution < 1.29 is 23.9 Å². The molecular formula is C19H27N3O5. The molecule has 2 rings (SSSR count). The van der Waals surface area contributed by atoms with Crippen molar-refractivity contribution in [2.24, 2.45) is 0 Å². The number of esters is 1. The molecule has 0 atom stereocenters. The molecule has 2 N–H and O–H groups in total. The maximum absolute atomic E-state index is 12.0. The van der Waals surface area contributed by atoms with Crippen LogP contribution < -0.4 is 10.6 Å². The summed E-state index contributed by atoms with van der Waals surface area (Å²) < 4.78 is 10.3. The highest BCUT2D eigenvalue weighted by molar-refractivity contribution is 5.97. The van der Waals surface area contributed by atoms with Crippen LogP contribution in [-0.2, 0) is 20.8 Å². The first-order valence-corrected chi connectivity index (χ1v) is 9.22. The highest BCUT2D eigenvalue weighted by atomic mass is 16.5. The zero-order chi connectivity index (χ0) is 19.5. The Kier molecular flexibility index (Phi) is 8.73. The third-order valence-corrected chi connectivity index (χ3v) is 4.10. The largest absolute Gasteiger partial charge is 0.452 e. The van der Waals surface area contributed by atoms with Crippen LogP contribution in [0, 0.1) is 0 Å². The summed E-state index contributed by atoms with van der Waals surface area (Å²) in [5.41, 5.74) is 1.45. The summed E-state index contributed by atoms with van der Waals surface area (Å²) >= 11 is 0. The van der Waals surface area contributed by atoms with Crippen LogP contribution in [0.25, 0.3) is 0 Å². The molecule has 148 valence electrons. The Bertz CT molecular complexity index is 627. The van der Waals surface area contributed by atoms with Crippen LogP contribution in [0.5, 0.6) is 0 Å². The number of hydrogen-bond donors (Lipinski definition) is 2. The molecule has 8 nitrogen and oxygen atoms in total. The van der Waals surface area contributed by atoms with Crippen LogP contribution in [0.1, 0.15) is 35.7 Å². The van der Waals surface area contributed by atoms with Crippen molar-refractivity contribution >= 4 is 17.9 Å². The van der Waals surface area contributed by atoms with Crippen molar-refractivity contribution in [1.82, 2.24) is 15.5 Å². The van der Waals surface area contributed by atoms with E-state index in [1.807, 2.05) is 19.1 Å². The highest BCUT2D eigenvalue weighted by Gasteiger charge is 2.14. The van der Waals surface area contributed by atoms with E-state index in [0.717, 1.165) is 51.3 Å². The Labute approximate surface area is 159 Å². The second kappa shape index (κ2) is 11.3. The van der Waals surface area contributed by atoms with Crippen LogP contribution in [0.15, 0.2) is 24.3 Å². The summed E-state index contributed by atoms with van der Waals surface area (Å²) in [6, 6.07) is 6.50. The van der Waals surface area contributed by atoms with Crippen molar-refractivity contribution in [2.45, 2.75) is 26.3 Å². The summed E-state index contributed by atoms with van der Waals surface area (Å²) in [6.07, 6.45) is 1.77. The van der Waals surface area contributed by atoms with Gasteiger partial charge in [-0.25, -0.2) is 9.59 Å². The fourth-order valence-corrected chi connectivity index (χ4v) is 2.56. The molecule has 0 aromatic heterocycles. The molecule has 1 heterocycles. The van der Waals surface area contributed by atoms with Gasteiger partial charge in [-0.3, -0.25) is 15.0 Å². The average molecular weight is 377 g/mol. The fourth-order valence-electron chi connectivity index (χ4n) is 2.56. The molecule has 0 radical (unpaired) electrons. The predicted molar refractivity (Wildman–Crippen MR) is 99.3 cm³/mol. The van der Waals surface area contributed by atoms with Crippen molar-refractivity contribution in [3.8, 4) is 0 Å². The lowest BCUT2D eigenvalue weighted by atomic mass is 10.1. The Hall–Kier alpha value is -2.45. The Morgan fingerprint density at radius 2 is 1.85 bits per heavy atom. The molecular weight excluding hydrogens is 350 g/mol. The van der Waals surface area contributed by atoms with Gasteiger partial charge in [0.15, 0.2) is 6.61 Å². The molecule has 3 amide bonds. The molecule has 0 spiro atoms. The van der Waals surface area contributed by atoms with Crippen LogP contribution in [0.2, 0.25) is 0 Å². The van der Waals surface area contributed by atoms with E-state index in [4.69, 9.17) is 9.47 Å². The fraction of sp³-hybridized carbons (Fsp3) is 0.526. The normalized spacial score (nSPS) is 14.4. The van der Waals surface area contributed by atoms with E-state index in [2.05, 4.69) is 15.5 Å². The summed E-state index contributed by atoms with van der Waals surface area (Å²) in [5.74, 6) is -1.27. The van der Waals surface area contributed by atoms with Gasteiger partial charge in [0.25, 0.3) is 5.91 Å². The minimum absolute atomic E-state index is 0.362. The first-order chi connectivity index (χ1) is 13.1. The van der Waals surface area contributed by atoms with Crippen LogP contribution in [0.4, 0.5) is 4.79 Å². The Morgan fingerprint density at radius 3 is 2.52 bits per heavy atom. The number of nitrogens with one attached hydrogen (secondary N) is 2. The number of hydrogen-bond acceptors (Lipinski definition) is 6. The third-order valence-electron chi connectivity index (χ3n) is 4.10. The molecule has 1 aliphatic heterocycles. The van der Waals surface area contributed by atoms with Gasteiger partial charge in [0.2, 0.25) is 0 Å². The van der Waals surface area contributed by atoms with Gasteiger partial charge in [0.05, 0.1) is 18.8 Å². The maximum atomic E-state index is 12.0. The van der Waals surface area contributed by atoms with Crippen LogP contribution >= 0.6 is 0 Å². The number of nitrogens with zero attached hydrogens (tertiary/aromatic N) is 1. The van der Waals surface area contributed by atoms with Gasteiger partial charge in [0.1, 0.15) is 0 Å². The maximum Gasteiger partial charge on any atom is 0.338 e. The van der Waals surface area contributed by atoms with E-state index in [9.17, 15) is 14.4 Å². The molecule has 27 heavy (non-hydrogen) atoms. The molecule has 1 saturated heterocycles. The quantitative estimate of drug-likeness (QED) is 0.524. The van der Waals surface area contributed by atoms with E-state index < -0.39 is 24.5 Å². The highest BCUT2D eigenvalue weighted by Crippen LogP contribution is 2.10. The number of imide groups is 1. The van der Waals surface area contributed by atoms with Crippen molar-refractivity contribution in [3.05, 3.63) is 35.4 Å². The monoisotopic (exact) mass is 377 g/mol. The van der Waals surface area contributed by atoms with Gasteiger partial charge >= 0.3 is 12.0 Å². The second-order valence-electron chi connectivity index (χ2n) is 6.32. The number of morpholine rings is 1. The average Bonchev–Trinajstić information content (AvgIpc) is 2.68. The number of urea groups is 1. The van der Waals surface area contributed by atoms with E-state index in [0.29, 0.717) is 12.1 Å². The molecule has 0 unspecified atom stereocenters. The molecule has 1 aromatic rings. The molecule has 0 bridgehead atoms. The first-order valence-electron chi connectivity index (χ1n) is 9.22. The molecule has 8 heteroatoms. The predicted octanol–water partition coefficient (Wildman–Crippen LogP) is 1.30. The molecule has 1 aliphatic rings. The number of carbonyl (C=O) groups is 3. The zero-order valence-electron chi connectivity index (χ0n) is 15.7. The Morgan fingerprint density at radius 1 is 1.15 bits per heavy atom. The van der Waals surface area contributed by atoms with E-state index in [-0.39, 0.29) is 0 Å². The minimum atomic E-state index is -0.665. The molecule has 1 aromatic carbocycles. The van der Waals surface area contributed by atoms with Crippen molar-refractivity contribution in [1.29, 1.82) is 0 Å². The van der Waals surface area contributed by atoms with Crippen LogP contribution in [0.3, 0.4) is 0 Å². The zero-order valence-corrected chi connectivity index (χ0v) is 15.7. The molecule has 1 fully saturated rings. The summed E-state index contributed by atoms with van der Waals surface area (Å²) in [4.78, 5) is 37.4. The van der Waals surface area contributed by atoms with Gasteiger partial charge in [-0.1, -0.05) is 25.5 Å². The van der Waals surface area contributed by atoms with Crippen molar-refractivity contribution in [3.63, 3.8) is 0 Å². The van der Waals surface area contributed by atoms with E-state index in [1.165, 1.54) is 0 Å². The lowest BCUT2D eigenvalue weighted by Crippen LogP contribution is -2.41. The summed E-state index contributed by atoms with van der Waals surface area (Å²) in [6.45, 7) is 6.05. The number of unbranched alkanes of at least 4 members (excludes halogenated alkanes) is 1. The molecule has 0 aliphatic carbocycles. The summed E-state index contributed by atoms with van der Waals surface area (Å²) in [7, 11) is 0. The number of ether oxygens (including phenoxy) is 2. The standard InChI is InChI=1S/C19H27N3O5/c1-2-3-8-20-19(25)21-17(23)14-27-18(24)16-6-4-15(5-7-16)13-22-9-11-26-12-10-22/h4-7H,2-3,8-14H2,1H3,(H2,20,21,23,25). The van der Waals surface area contributed by atoms with E-state index >= 15 is 0 Å². The van der Waals surface area contributed by atoms with Gasteiger partial charge < -0.3 is 14.8 Å². The minimum Gasteiger partial charge on any atom is -0.452 e.